The van der Waals surface area contributed by atoms with E-state index in [2.05, 4.69) is 4.98 Å². The van der Waals surface area contributed by atoms with E-state index in [9.17, 15) is 5.11 Å². The topological polar surface area (TPSA) is 77.6 Å². The summed E-state index contributed by atoms with van der Waals surface area (Å²) in [5.74, 6) is 1.53. The predicted octanol–water partition coefficient (Wildman–Crippen LogP) is 2.17. The van der Waals surface area contributed by atoms with Gasteiger partial charge in [0.15, 0.2) is 11.5 Å². The Labute approximate surface area is 120 Å². The number of nitrogen functional groups attached to an aromatic ring is 1. The lowest BCUT2D eigenvalue weighted by Crippen LogP contribution is -2.15. The van der Waals surface area contributed by atoms with Gasteiger partial charge in [-0.3, -0.25) is 0 Å². The summed E-state index contributed by atoms with van der Waals surface area (Å²) in [6.07, 6.45) is 0.522. The molecule has 104 valence electrons. The lowest BCUT2D eigenvalue weighted by atomic mass is 10.0. The van der Waals surface area contributed by atoms with Crippen molar-refractivity contribution in [1.82, 2.24) is 4.98 Å². The quantitative estimate of drug-likeness (QED) is 0.887. The molecule has 2 heterocycles. The average Bonchev–Trinajstić information content (AvgIpc) is 2.48. The molecule has 0 amide bonds. The average molecular weight is 293 g/mol. The van der Waals surface area contributed by atoms with E-state index in [0.717, 1.165) is 0 Å². The van der Waals surface area contributed by atoms with Crippen molar-refractivity contribution >= 4 is 17.4 Å². The van der Waals surface area contributed by atoms with E-state index in [1.165, 1.54) is 6.20 Å². The summed E-state index contributed by atoms with van der Waals surface area (Å²) >= 11 is 5.89. The van der Waals surface area contributed by atoms with Crippen LogP contribution in [0.4, 0.5) is 5.82 Å². The second-order valence-corrected chi connectivity index (χ2v) is 4.87. The van der Waals surface area contributed by atoms with Crippen LogP contribution in [0.3, 0.4) is 0 Å². The smallest absolute Gasteiger partial charge is 0.161 e. The number of benzene rings is 1. The molecule has 1 aliphatic rings. The summed E-state index contributed by atoms with van der Waals surface area (Å²) in [7, 11) is 0. The molecule has 0 spiro atoms. The van der Waals surface area contributed by atoms with Gasteiger partial charge in [-0.1, -0.05) is 17.7 Å². The number of hydrogen-bond donors (Lipinski definition) is 2. The molecule has 0 fully saturated rings. The largest absolute Gasteiger partial charge is 0.486 e. The summed E-state index contributed by atoms with van der Waals surface area (Å²) in [6, 6.07) is 6.87. The molecule has 0 bridgehead atoms. The van der Waals surface area contributed by atoms with Crippen LogP contribution in [0.1, 0.15) is 17.2 Å². The molecule has 1 aromatic carbocycles. The van der Waals surface area contributed by atoms with Crippen molar-refractivity contribution < 1.29 is 14.6 Å². The molecule has 6 heteroatoms. The summed E-state index contributed by atoms with van der Waals surface area (Å²) in [4.78, 5) is 3.94. The third-order valence-electron chi connectivity index (χ3n) is 3.09. The van der Waals surface area contributed by atoms with Crippen LogP contribution in [-0.4, -0.2) is 23.3 Å². The Kier molecular flexibility index (Phi) is 3.38. The van der Waals surface area contributed by atoms with Gasteiger partial charge in [0.2, 0.25) is 0 Å². The predicted molar refractivity (Wildman–Crippen MR) is 75.2 cm³/mol. The van der Waals surface area contributed by atoms with Gasteiger partial charge in [0.1, 0.15) is 25.1 Å². The van der Waals surface area contributed by atoms with Gasteiger partial charge in [-0.05, 0) is 23.8 Å². The maximum Gasteiger partial charge on any atom is 0.161 e. The van der Waals surface area contributed by atoms with E-state index < -0.39 is 6.10 Å². The van der Waals surface area contributed by atoms with E-state index in [1.54, 1.807) is 24.3 Å². The van der Waals surface area contributed by atoms with Crippen molar-refractivity contribution in [1.29, 1.82) is 0 Å². The Bertz CT molecular complexity index is 648. The highest BCUT2D eigenvalue weighted by molar-refractivity contribution is 6.30. The molecule has 1 aliphatic heterocycles. The highest BCUT2D eigenvalue weighted by Crippen LogP contribution is 2.35. The molecule has 1 atom stereocenters. The van der Waals surface area contributed by atoms with Crippen LogP contribution in [0.5, 0.6) is 11.5 Å². The van der Waals surface area contributed by atoms with E-state index in [1.807, 2.05) is 0 Å². The number of ether oxygens (including phenoxy) is 2. The molecule has 0 saturated carbocycles. The third-order valence-corrected chi connectivity index (χ3v) is 3.30. The fourth-order valence-corrected chi connectivity index (χ4v) is 2.26. The standard InChI is InChI=1S/C14H13ClN2O3/c15-9-6-10(14(16)17-7-9)13(18)8-1-2-11-12(5-8)20-4-3-19-11/h1-2,5-7,13,18H,3-4H2,(H2,16,17). The number of pyridine rings is 1. The van der Waals surface area contributed by atoms with Gasteiger partial charge in [-0.25, -0.2) is 4.98 Å². The number of aliphatic hydroxyl groups is 1. The molecule has 20 heavy (non-hydrogen) atoms. The Morgan fingerprint density at radius 2 is 1.95 bits per heavy atom. The van der Waals surface area contributed by atoms with Gasteiger partial charge in [0.25, 0.3) is 0 Å². The summed E-state index contributed by atoms with van der Waals surface area (Å²) < 4.78 is 10.9. The van der Waals surface area contributed by atoms with E-state index in [4.69, 9.17) is 26.8 Å². The Hall–Kier alpha value is -1.98. The van der Waals surface area contributed by atoms with Crippen molar-refractivity contribution in [2.24, 2.45) is 0 Å². The zero-order valence-electron chi connectivity index (χ0n) is 10.5. The molecule has 1 unspecified atom stereocenters. The summed E-state index contributed by atoms with van der Waals surface area (Å²) in [5.41, 5.74) is 6.89. The molecule has 1 aromatic heterocycles. The Morgan fingerprint density at radius 1 is 1.20 bits per heavy atom. The molecular formula is C14H13ClN2O3. The van der Waals surface area contributed by atoms with Crippen molar-refractivity contribution in [3.8, 4) is 11.5 Å². The van der Waals surface area contributed by atoms with E-state index in [-0.39, 0.29) is 5.82 Å². The zero-order valence-corrected chi connectivity index (χ0v) is 11.3. The molecule has 3 rings (SSSR count). The van der Waals surface area contributed by atoms with Crippen LogP contribution in [0.15, 0.2) is 30.5 Å². The first-order chi connectivity index (χ1) is 9.65. The fourth-order valence-electron chi connectivity index (χ4n) is 2.09. The number of rotatable bonds is 2. The third kappa shape index (κ3) is 2.37. The van der Waals surface area contributed by atoms with Gasteiger partial charge in [0, 0.05) is 11.8 Å². The van der Waals surface area contributed by atoms with Gasteiger partial charge in [-0.2, -0.15) is 0 Å². The van der Waals surface area contributed by atoms with Gasteiger partial charge >= 0.3 is 0 Å². The highest BCUT2D eigenvalue weighted by atomic mass is 35.5. The number of anilines is 1. The first-order valence-corrected chi connectivity index (χ1v) is 6.51. The number of aliphatic hydroxyl groups excluding tert-OH is 1. The summed E-state index contributed by atoms with van der Waals surface area (Å²) in [6.45, 7) is 1.02. The molecule has 0 aliphatic carbocycles. The minimum atomic E-state index is -0.919. The van der Waals surface area contributed by atoms with E-state index >= 15 is 0 Å². The van der Waals surface area contributed by atoms with Gasteiger partial charge < -0.3 is 20.3 Å². The van der Waals surface area contributed by atoms with Gasteiger partial charge in [-0.15, -0.1) is 0 Å². The van der Waals surface area contributed by atoms with Crippen LogP contribution in [0.2, 0.25) is 5.02 Å². The summed E-state index contributed by atoms with van der Waals surface area (Å²) in [5, 5.41) is 10.8. The van der Waals surface area contributed by atoms with Crippen molar-refractivity contribution in [2.45, 2.75) is 6.10 Å². The van der Waals surface area contributed by atoms with Crippen LogP contribution in [0, 0.1) is 0 Å². The number of nitrogens with two attached hydrogens (primary N) is 1. The van der Waals surface area contributed by atoms with Gasteiger partial charge in [0.05, 0.1) is 5.02 Å². The lowest BCUT2D eigenvalue weighted by Gasteiger charge is -2.20. The fraction of sp³-hybridized carbons (Fsp3) is 0.214. The SMILES string of the molecule is Nc1ncc(Cl)cc1C(O)c1ccc2c(c1)OCCO2. The van der Waals surface area contributed by atoms with Crippen LogP contribution >= 0.6 is 11.6 Å². The first kappa shape index (κ1) is 13.0. The second kappa shape index (κ2) is 5.19. The maximum absolute atomic E-state index is 10.4. The highest BCUT2D eigenvalue weighted by Gasteiger charge is 2.19. The number of hydrogen-bond acceptors (Lipinski definition) is 5. The second-order valence-electron chi connectivity index (χ2n) is 4.43. The van der Waals surface area contributed by atoms with Crippen molar-refractivity contribution in [3.05, 3.63) is 46.6 Å². The molecule has 0 saturated heterocycles. The number of nitrogens with zero attached hydrogens (tertiary/aromatic N) is 1. The monoisotopic (exact) mass is 292 g/mol. The number of fused-ring (bicyclic) bond motifs is 1. The van der Waals surface area contributed by atoms with E-state index in [0.29, 0.717) is 40.9 Å². The zero-order chi connectivity index (χ0) is 14.1. The minimum Gasteiger partial charge on any atom is -0.486 e. The van der Waals surface area contributed by atoms with Crippen molar-refractivity contribution in [2.75, 3.05) is 18.9 Å². The van der Waals surface area contributed by atoms with Crippen LogP contribution < -0.4 is 15.2 Å². The molecular weight excluding hydrogens is 280 g/mol. The van der Waals surface area contributed by atoms with Crippen LogP contribution in [0.25, 0.3) is 0 Å². The Morgan fingerprint density at radius 3 is 2.75 bits per heavy atom. The molecule has 3 N–H and O–H groups in total. The minimum absolute atomic E-state index is 0.247. The first-order valence-electron chi connectivity index (χ1n) is 6.13. The molecule has 0 radical (unpaired) electrons. The van der Waals surface area contributed by atoms with Crippen LogP contribution in [-0.2, 0) is 0 Å². The normalized spacial score (nSPS) is 14.9. The van der Waals surface area contributed by atoms with Crippen molar-refractivity contribution in [3.63, 3.8) is 0 Å². The number of aromatic nitrogens is 1. The Balaban J connectivity index is 1.97. The molecule has 2 aromatic rings. The lowest BCUT2D eigenvalue weighted by molar-refractivity contribution is 0.169. The maximum atomic E-state index is 10.4. The molecule has 5 nitrogen and oxygen atoms in total. The number of halogens is 1.